The number of thiazole rings is 1. The Balaban J connectivity index is 1.72. The van der Waals surface area contributed by atoms with E-state index in [4.69, 9.17) is 4.74 Å². The van der Waals surface area contributed by atoms with Crippen molar-refractivity contribution >= 4 is 31.4 Å². The number of sulfone groups is 1. The Hall–Kier alpha value is -2.02. The van der Waals surface area contributed by atoms with Crippen LogP contribution in [-0.4, -0.2) is 32.4 Å². The van der Waals surface area contributed by atoms with Gasteiger partial charge in [-0.3, -0.25) is 0 Å². The first-order chi connectivity index (χ1) is 13.4. The molecule has 28 heavy (non-hydrogen) atoms. The van der Waals surface area contributed by atoms with Crippen molar-refractivity contribution in [3.63, 3.8) is 0 Å². The van der Waals surface area contributed by atoms with Gasteiger partial charge in [-0.2, -0.15) is 0 Å². The Labute approximate surface area is 170 Å². The Kier molecular flexibility index (Phi) is 6.65. The highest BCUT2D eigenvalue weighted by atomic mass is 32.2. The topological polar surface area (TPSA) is 56.3 Å². The van der Waals surface area contributed by atoms with Crippen molar-refractivity contribution in [2.75, 3.05) is 12.9 Å². The fourth-order valence-electron chi connectivity index (χ4n) is 3.28. The zero-order valence-electron chi connectivity index (χ0n) is 16.3. The van der Waals surface area contributed by atoms with Crippen LogP contribution in [0.2, 0.25) is 0 Å². The molecule has 4 nitrogen and oxygen atoms in total. The van der Waals surface area contributed by atoms with E-state index in [1.807, 2.05) is 55.5 Å². The molecule has 0 N–H and O–H groups in total. The average molecular weight is 416 g/mol. The van der Waals surface area contributed by atoms with Gasteiger partial charge in [-0.15, -0.1) is 11.3 Å². The molecule has 0 amide bonds. The minimum absolute atomic E-state index is 0.0116. The number of aromatic nitrogens is 1. The molecule has 2 atom stereocenters. The molecule has 6 heteroatoms. The van der Waals surface area contributed by atoms with Crippen LogP contribution in [0, 0.1) is 5.92 Å². The number of para-hydroxylation sites is 1. The van der Waals surface area contributed by atoms with Crippen LogP contribution in [0.1, 0.15) is 19.4 Å². The molecule has 3 aromatic rings. The largest absolute Gasteiger partial charge is 0.381 e. The lowest BCUT2D eigenvalue weighted by Gasteiger charge is -2.21. The molecule has 148 valence electrons. The summed E-state index contributed by atoms with van der Waals surface area (Å²) in [6.07, 6.45) is 2.78. The second-order valence-electron chi connectivity index (χ2n) is 7.04. The molecule has 3 rings (SSSR count). The summed E-state index contributed by atoms with van der Waals surface area (Å²) >= 11 is 1.23. The number of hydrogen-bond acceptors (Lipinski definition) is 5. The van der Waals surface area contributed by atoms with Crippen molar-refractivity contribution < 1.29 is 13.2 Å². The van der Waals surface area contributed by atoms with Crippen LogP contribution in [0.25, 0.3) is 10.2 Å². The minimum Gasteiger partial charge on any atom is -0.381 e. The van der Waals surface area contributed by atoms with Gasteiger partial charge in [-0.05, 0) is 31.0 Å². The van der Waals surface area contributed by atoms with Gasteiger partial charge in [-0.1, -0.05) is 61.0 Å². The zero-order chi connectivity index (χ0) is 20.1. The lowest BCUT2D eigenvalue weighted by atomic mass is 9.96. The van der Waals surface area contributed by atoms with Gasteiger partial charge in [0.05, 0.1) is 22.1 Å². The standard InChI is InChI=1S/C22H25NO3S2/c1-16(13-17(2)20(26-3)14-18-9-5-4-6-10-18)15-28(24,25)22-23-19-11-7-8-12-21(19)27-22/h4-13,17,20H,14-15H2,1-3H3/b16-13+/t17-,20-/m0/s1. The van der Waals surface area contributed by atoms with Crippen LogP contribution in [-0.2, 0) is 21.0 Å². The molecule has 0 radical (unpaired) electrons. The molecule has 1 heterocycles. The van der Waals surface area contributed by atoms with Gasteiger partial charge in [0, 0.05) is 13.0 Å². The third kappa shape index (κ3) is 5.07. The molecule has 2 aromatic carbocycles. The van der Waals surface area contributed by atoms with Crippen LogP contribution in [0.3, 0.4) is 0 Å². The first-order valence-electron chi connectivity index (χ1n) is 9.21. The Morgan fingerprint density at radius 1 is 1.14 bits per heavy atom. The Morgan fingerprint density at radius 2 is 1.82 bits per heavy atom. The highest BCUT2D eigenvalue weighted by molar-refractivity contribution is 7.93. The number of benzene rings is 2. The fourth-order valence-corrected chi connectivity index (χ4v) is 5.99. The van der Waals surface area contributed by atoms with Crippen molar-refractivity contribution in [2.45, 2.75) is 30.7 Å². The summed E-state index contributed by atoms with van der Waals surface area (Å²) in [7, 11) is -1.76. The first kappa shape index (κ1) is 20.7. The van der Waals surface area contributed by atoms with E-state index in [-0.39, 0.29) is 22.1 Å². The smallest absolute Gasteiger partial charge is 0.210 e. The van der Waals surface area contributed by atoms with Crippen LogP contribution < -0.4 is 0 Å². The fraction of sp³-hybridized carbons (Fsp3) is 0.318. The van der Waals surface area contributed by atoms with E-state index in [0.717, 1.165) is 22.2 Å². The SMILES string of the molecule is CO[C@@H](Cc1ccccc1)[C@@H](C)/C=C(\C)CS(=O)(=O)c1nc2ccccc2s1. The van der Waals surface area contributed by atoms with E-state index < -0.39 is 9.84 Å². The maximum Gasteiger partial charge on any atom is 0.210 e. The summed E-state index contributed by atoms with van der Waals surface area (Å²) in [6.45, 7) is 3.92. The van der Waals surface area contributed by atoms with Crippen LogP contribution >= 0.6 is 11.3 Å². The van der Waals surface area contributed by atoms with E-state index >= 15 is 0 Å². The monoisotopic (exact) mass is 415 g/mol. The van der Waals surface area contributed by atoms with Gasteiger partial charge in [0.1, 0.15) is 0 Å². The van der Waals surface area contributed by atoms with E-state index in [0.29, 0.717) is 0 Å². The molecular weight excluding hydrogens is 390 g/mol. The van der Waals surface area contributed by atoms with Crippen LogP contribution in [0.4, 0.5) is 0 Å². The maximum absolute atomic E-state index is 12.8. The van der Waals surface area contributed by atoms with Gasteiger partial charge in [0.25, 0.3) is 0 Å². The summed E-state index contributed by atoms with van der Waals surface area (Å²) in [5, 5.41) is 0. The molecule has 1 aromatic heterocycles. The summed E-state index contributed by atoms with van der Waals surface area (Å²) < 4.78 is 32.3. The third-order valence-electron chi connectivity index (χ3n) is 4.67. The lowest BCUT2D eigenvalue weighted by molar-refractivity contribution is 0.0744. The van der Waals surface area contributed by atoms with Crippen LogP contribution in [0.15, 0.2) is 70.6 Å². The predicted molar refractivity (Wildman–Crippen MR) is 116 cm³/mol. The number of ether oxygens (including phenoxy) is 1. The zero-order valence-corrected chi connectivity index (χ0v) is 18.0. The Bertz CT molecular complexity index is 1020. The molecule has 0 unspecified atom stereocenters. The molecule has 0 fully saturated rings. The Morgan fingerprint density at radius 3 is 2.50 bits per heavy atom. The molecule has 0 aliphatic rings. The molecular formula is C22H25NO3S2. The summed E-state index contributed by atoms with van der Waals surface area (Å²) in [4.78, 5) is 4.30. The maximum atomic E-state index is 12.8. The third-order valence-corrected chi connectivity index (χ3v) is 7.98. The van der Waals surface area contributed by atoms with Crippen molar-refractivity contribution in [1.82, 2.24) is 4.98 Å². The summed E-state index contributed by atoms with van der Waals surface area (Å²) in [6, 6.07) is 17.7. The predicted octanol–water partition coefficient (Wildman–Crippen LogP) is 4.91. The molecule has 0 bridgehead atoms. The molecule has 0 aliphatic carbocycles. The number of methoxy groups -OCH3 is 1. The number of rotatable bonds is 8. The summed E-state index contributed by atoms with van der Waals surface area (Å²) in [5.41, 5.74) is 2.74. The molecule has 0 saturated heterocycles. The highest BCUT2D eigenvalue weighted by Gasteiger charge is 2.22. The highest BCUT2D eigenvalue weighted by Crippen LogP contribution is 2.27. The normalized spacial score (nSPS) is 14.9. The van der Waals surface area contributed by atoms with Gasteiger partial charge < -0.3 is 4.74 Å². The molecule has 0 saturated carbocycles. The molecule has 0 spiro atoms. The number of hydrogen-bond donors (Lipinski definition) is 0. The van der Waals surface area contributed by atoms with E-state index in [1.54, 1.807) is 7.11 Å². The number of nitrogens with zero attached hydrogens (tertiary/aromatic N) is 1. The minimum atomic E-state index is -3.46. The van der Waals surface area contributed by atoms with E-state index in [9.17, 15) is 8.42 Å². The van der Waals surface area contributed by atoms with Gasteiger partial charge in [0.2, 0.25) is 14.2 Å². The van der Waals surface area contributed by atoms with E-state index in [1.165, 1.54) is 16.9 Å². The molecule has 0 aliphatic heterocycles. The first-order valence-corrected chi connectivity index (χ1v) is 11.7. The van der Waals surface area contributed by atoms with Crippen molar-refractivity contribution in [1.29, 1.82) is 0 Å². The van der Waals surface area contributed by atoms with Gasteiger partial charge in [-0.25, -0.2) is 13.4 Å². The summed E-state index contributed by atoms with van der Waals surface area (Å²) in [5.74, 6) is 0.0645. The van der Waals surface area contributed by atoms with Crippen molar-refractivity contribution in [2.24, 2.45) is 5.92 Å². The number of fused-ring (bicyclic) bond motifs is 1. The quantitative estimate of drug-likeness (QED) is 0.491. The van der Waals surface area contributed by atoms with Crippen LogP contribution in [0.5, 0.6) is 0 Å². The second-order valence-corrected chi connectivity index (χ2v) is 10.2. The average Bonchev–Trinajstić information content (AvgIpc) is 3.11. The van der Waals surface area contributed by atoms with E-state index in [2.05, 4.69) is 24.0 Å². The van der Waals surface area contributed by atoms with Gasteiger partial charge in [0.15, 0.2) is 0 Å². The van der Waals surface area contributed by atoms with Crippen molar-refractivity contribution in [3.8, 4) is 0 Å². The van der Waals surface area contributed by atoms with Gasteiger partial charge >= 0.3 is 0 Å². The second kappa shape index (κ2) is 8.99. The van der Waals surface area contributed by atoms with Crippen molar-refractivity contribution in [3.05, 3.63) is 71.8 Å². The lowest BCUT2D eigenvalue weighted by Crippen LogP contribution is -2.22.